The number of hydrogen-bond acceptors (Lipinski definition) is 5. The zero-order chi connectivity index (χ0) is 17.7. The van der Waals surface area contributed by atoms with Crippen molar-refractivity contribution in [3.63, 3.8) is 0 Å². The smallest absolute Gasteiger partial charge is 0.272 e. The van der Waals surface area contributed by atoms with Crippen LogP contribution in [0, 0.1) is 17.0 Å². The number of nitrogens with zero attached hydrogens (tertiary/aromatic N) is 1. The van der Waals surface area contributed by atoms with E-state index in [0.29, 0.717) is 17.9 Å². The van der Waals surface area contributed by atoms with E-state index >= 15 is 0 Å². The predicted octanol–water partition coefficient (Wildman–Crippen LogP) is 3.30. The first-order valence-electron chi connectivity index (χ1n) is 7.73. The summed E-state index contributed by atoms with van der Waals surface area (Å²) in [7, 11) is 1.58. The zero-order valence-corrected chi connectivity index (χ0v) is 14.0. The average Bonchev–Trinajstić information content (AvgIpc) is 2.59. The minimum atomic E-state index is -0.693. The Hall–Kier alpha value is -2.44. The van der Waals surface area contributed by atoms with Crippen molar-refractivity contribution in [1.82, 2.24) is 5.32 Å². The van der Waals surface area contributed by atoms with E-state index in [2.05, 4.69) is 5.32 Å². The van der Waals surface area contributed by atoms with Crippen LogP contribution in [0.25, 0.3) is 0 Å². The van der Waals surface area contributed by atoms with Gasteiger partial charge in [-0.05, 0) is 37.1 Å². The molecule has 0 aliphatic rings. The summed E-state index contributed by atoms with van der Waals surface area (Å²) in [4.78, 5) is 10.7. The van der Waals surface area contributed by atoms with Crippen LogP contribution in [-0.4, -0.2) is 23.7 Å². The SMILES string of the molecule is COc1cccc([C@H](O)CN[C@H](C)c2cccc([N+](=O)[O-])c2C)c1. The Morgan fingerprint density at radius 1 is 1.29 bits per heavy atom. The predicted molar refractivity (Wildman–Crippen MR) is 92.2 cm³/mol. The third-order valence-electron chi connectivity index (χ3n) is 4.11. The summed E-state index contributed by atoms with van der Waals surface area (Å²) in [5.41, 5.74) is 2.35. The first kappa shape index (κ1) is 17.9. The molecule has 2 atom stereocenters. The van der Waals surface area contributed by atoms with E-state index in [0.717, 1.165) is 11.1 Å². The monoisotopic (exact) mass is 330 g/mol. The van der Waals surface area contributed by atoms with Gasteiger partial charge in [0.1, 0.15) is 5.75 Å². The third-order valence-corrected chi connectivity index (χ3v) is 4.11. The molecule has 0 fully saturated rings. The summed E-state index contributed by atoms with van der Waals surface area (Å²) in [6, 6.07) is 12.2. The van der Waals surface area contributed by atoms with Crippen LogP contribution < -0.4 is 10.1 Å². The maximum Gasteiger partial charge on any atom is 0.272 e. The summed E-state index contributed by atoms with van der Waals surface area (Å²) in [5, 5.41) is 24.6. The summed E-state index contributed by atoms with van der Waals surface area (Å²) >= 11 is 0. The van der Waals surface area contributed by atoms with Crippen LogP contribution in [0.1, 0.15) is 35.8 Å². The molecular formula is C18H22N2O4. The van der Waals surface area contributed by atoms with Crippen molar-refractivity contribution in [2.24, 2.45) is 0 Å². The minimum Gasteiger partial charge on any atom is -0.497 e. The number of hydrogen-bond donors (Lipinski definition) is 2. The highest BCUT2D eigenvalue weighted by Crippen LogP contribution is 2.26. The molecule has 0 saturated heterocycles. The number of ether oxygens (including phenoxy) is 1. The Morgan fingerprint density at radius 2 is 2.00 bits per heavy atom. The van der Waals surface area contributed by atoms with Crippen LogP contribution >= 0.6 is 0 Å². The number of benzene rings is 2. The van der Waals surface area contributed by atoms with Crippen molar-refractivity contribution in [1.29, 1.82) is 0 Å². The number of nitro groups is 1. The number of nitrogens with one attached hydrogen (secondary N) is 1. The van der Waals surface area contributed by atoms with Gasteiger partial charge < -0.3 is 15.2 Å². The molecule has 2 N–H and O–H groups in total. The lowest BCUT2D eigenvalue weighted by Gasteiger charge is -2.19. The van der Waals surface area contributed by atoms with Crippen LogP contribution in [-0.2, 0) is 0 Å². The Bertz CT molecular complexity index is 718. The van der Waals surface area contributed by atoms with Gasteiger partial charge in [-0.15, -0.1) is 0 Å². The topological polar surface area (TPSA) is 84.6 Å². The second-order valence-electron chi connectivity index (χ2n) is 5.67. The molecule has 0 saturated carbocycles. The standard InChI is InChI=1S/C18H22N2O4/c1-12-16(8-5-9-17(12)20(22)23)13(2)19-11-18(21)14-6-4-7-15(10-14)24-3/h4-10,13,18-19,21H,11H2,1-3H3/t13-,18-/m1/s1. The number of methoxy groups -OCH3 is 1. The van der Waals surface area contributed by atoms with Gasteiger partial charge in [-0.2, -0.15) is 0 Å². The zero-order valence-electron chi connectivity index (χ0n) is 14.0. The summed E-state index contributed by atoms with van der Waals surface area (Å²) in [6.45, 7) is 3.99. The molecular weight excluding hydrogens is 308 g/mol. The van der Waals surface area contributed by atoms with Gasteiger partial charge in [-0.3, -0.25) is 10.1 Å². The van der Waals surface area contributed by atoms with E-state index in [9.17, 15) is 15.2 Å². The van der Waals surface area contributed by atoms with Crippen molar-refractivity contribution < 1.29 is 14.8 Å². The highest BCUT2D eigenvalue weighted by atomic mass is 16.6. The average molecular weight is 330 g/mol. The molecule has 0 bridgehead atoms. The molecule has 0 aliphatic heterocycles. The molecule has 0 aromatic heterocycles. The number of nitro benzene ring substituents is 1. The quantitative estimate of drug-likeness (QED) is 0.601. The van der Waals surface area contributed by atoms with E-state index in [1.807, 2.05) is 31.2 Å². The van der Waals surface area contributed by atoms with Gasteiger partial charge in [0.25, 0.3) is 5.69 Å². The van der Waals surface area contributed by atoms with Gasteiger partial charge in [0, 0.05) is 24.2 Å². The Labute approximate surface area is 141 Å². The molecule has 0 heterocycles. The fourth-order valence-corrected chi connectivity index (χ4v) is 2.67. The van der Waals surface area contributed by atoms with Gasteiger partial charge in [0.05, 0.1) is 18.1 Å². The summed E-state index contributed by atoms with van der Waals surface area (Å²) in [6.07, 6.45) is -0.693. The third kappa shape index (κ3) is 4.10. The van der Waals surface area contributed by atoms with Crippen LogP contribution in [0.5, 0.6) is 5.75 Å². The van der Waals surface area contributed by atoms with E-state index in [4.69, 9.17) is 4.74 Å². The fourth-order valence-electron chi connectivity index (χ4n) is 2.67. The Balaban J connectivity index is 2.06. The molecule has 2 rings (SSSR count). The molecule has 24 heavy (non-hydrogen) atoms. The highest BCUT2D eigenvalue weighted by molar-refractivity contribution is 5.45. The van der Waals surface area contributed by atoms with Crippen molar-refractivity contribution in [3.05, 3.63) is 69.3 Å². The van der Waals surface area contributed by atoms with Crippen molar-refractivity contribution in [2.45, 2.75) is 26.0 Å². The Morgan fingerprint density at radius 3 is 2.67 bits per heavy atom. The number of rotatable bonds is 7. The fraction of sp³-hybridized carbons (Fsp3) is 0.333. The van der Waals surface area contributed by atoms with Crippen LogP contribution in [0.3, 0.4) is 0 Å². The number of aliphatic hydroxyl groups excluding tert-OH is 1. The van der Waals surface area contributed by atoms with Gasteiger partial charge >= 0.3 is 0 Å². The lowest BCUT2D eigenvalue weighted by molar-refractivity contribution is -0.385. The second kappa shape index (κ2) is 7.90. The van der Waals surface area contributed by atoms with Gasteiger partial charge in [-0.25, -0.2) is 0 Å². The first-order chi connectivity index (χ1) is 11.4. The second-order valence-corrected chi connectivity index (χ2v) is 5.67. The number of aliphatic hydroxyl groups is 1. The van der Waals surface area contributed by atoms with E-state index in [-0.39, 0.29) is 16.7 Å². The molecule has 6 nitrogen and oxygen atoms in total. The van der Waals surface area contributed by atoms with E-state index in [1.54, 1.807) is 26.2 Å². The van der Waals surface area contributed by atoms with Crippen LogP contribution in [0.15, 0.2) is 42.5 Å². The summed E-state index contributed by atoms with van der Waals surface area (Å²) in [5.74, 6) is 0.689. The van der Waals surface area contributed by atoms with Crippen molar-refractivity contribution in [3.8, 4) is 5.75 Å². The van der Waals surface area contributed by atoms with Crippen LogP contribution in [0.2, 0.25) is 0 Å². The summed E-state index contributed by atoms with van der Waals surface area (Å²) < 4.78 is 5.16. The maximum atomic E-state index is 11.0. The molecule has 0 spiro atoms. The van der Waals surface area contributed by atoms with Crippen molar-refractivity contribution in [2.75, 3.05) is 13.7 Å². The van der Waals surface area contributed by atoms with Gasteiger partial charge in [0.15, 0.2) is 0 Å². The van der Waals surface area contributed by atoms with Crippen molar-refractivity contribution >= 4 is 5.69 Å². The lowest BCUT2D eigenvalue weighted by Crippen LogP contribution is -2.25. The normalized spacial score (nSPS) is 13.3. The first-order valence-corrected chi connectivity index (χ1v) is 7.73. The van der Waals surface area contributed by atoms with Crippen LogP contribution in [0.4, 0.5) is 5.69 Å². The molecule has 0 aliphatic carbocycles. The minimum absolute atomic E-state index is 0.106. The lowest BCUT2D eigenvalue weighted by atomic mass is 10.0. The largest absolute Gasteiger partial charge is 0.497 e. The molecule has 6 heteroatoms. The molecule has 0 radical (unpaired) electrons. The highest BCUT2D eigenvalue weighted by Gasteiger charge is 2.18. The molecule has 128 valence electrons. The maximum absolute atomic E-state index is 11.0. The van der Waals surface area contributed by atoms with E-state index in [1.165, 1.54) is 6.07 Å². The van der Waals surface area contributed by atoms with Gasteiger partial charge in [-0.1, -0.05) is 24.3 Å². The van der Waals surface area contributed by atoms with Gasteiger partial charge in [0.2, 0.25) is 0 Å². The molecule has 2 aromatic carbocycles. The van der Waals surface area contributed by atoms with E-state index < -0.39 is 6.10 Å². The Kier molecular flexibility index (Phi) is 5.89. The molecule has 0 amide bonds. The molecule has 2 aromatic rings. The molecule has 0 unspecified atom stereocenters.